The Kier molecular flexibility index (Phi) is 2.81. The number of aliphatic hydroxyl groups is 1. The molecular weight excluding hydrogens is 164 g/mol. The van der Waals surface area contributed by atoms with Crippen LogP contribution in [0, 0.1) is 11.3 Å². The fourth-order valence-corrected chi connectivity index (χ4v) is 2.37. The summed E-state index contributed by atoms with van der Waals surface area (Å²) in [5, 5.41) is 10.1. The van der Waals surface area contributed by atoms with Gasteiger partial charge in [0.2, 0.25) is 0 Å². The van der Waals surface area contributed by atoms with Crippen molar-refractivity contribution in [3.8, 4) is 0 Å². The predicted octanol–water partition coefficient (Wildman–Crippen LogP) is 2.15. The fraction of sp³-hybridized carbons (Fsp3) is 0.909. The van der Waals surface area contributed by atoms with E-state index in [4.69, 9.17) is 0 Å². The zero-order valence-electron chi connectivity index (χ0n) is 8.84. The number of aldehydes is 1. The molecular formula is C11H20O2. The van der Waals surface area contributed by atoms with Gasteiger partial charge in [-0.3, -0.25) is 0 Å². The molecule has 1 fully saturated rings. The van der Waals surface area contributed by atoms with Gasteiger partial charge < -0.3 is 9.90 Å². The Morgan fingerprint density at radius 1 is 1.46 bits per heavy atom. The molecule has 2 unspecified atom stereocenters. The van der Waals surface area contributed by atoms with Crippen molar-refractivity contribution in [3.05, 3.63) is 0 Å². The molecule has 0 aliphatic heterocycles. The van der Waals surface area contributed by atoms with Gasteiger partial charge in [0, 0.05) is 6.42 Å². The Morgan fingerprint density at radius 3 is 2.54 bits per heavy atom. The third-order valence-corrected chi connectivity index (χ3v) is 3.45. The Balaban J connectivity index is 2.67. The molecule has 13 heavy (non-hydrogen) atoms. The molecule has 2 atom stereocenters. The second kappa shape index (κ2) is 3.41. The van der Waals surface area contributed by atoms with Gasteiger partial charge >= 0.3 is 0 Å². The summed E-state index contributed by atoms with van der Waals surface area (Å²) in [7, 11) is 0. The minimum atomic E-state index is -0.725. The monoisotopic (exact) mass is 184 g/mol. The molecule has 0 bridgehead atoms. The van der Waals surface area contributed by atoms with E-state index in [0.29, 0.717) is 11.8 Å². The molecule has 1 aliphatic rings. The lowest BCUT2D eigenvalue weighted by Crippen LogP contribution is -2.44. The third kappa shape index (κ3) is 2.31. The highest BCUT2D eigenvalue weighted by atomic mass is 16.3. The maximum absolute atomic E-state index is 10.4. The molecule has 1 aliphatic carbocycles. The molecule has 2 heteroatoms. The SMILES string of the molecule is CC1CC(C)(C)CCC1(O)CC=O. The summed E-state index contributed by atoms with van der Waals surface area (Å²) in [5.41, 5.74) is -0.397. The van der Waals surface area contributed by atoms with E-state index in [9.17, 15) is 9.90 Å². The minimum Gasteiger partial charge on any atom is -0.389 e. The standard InChI is InChI=1S/C11H20O2/c1-9-8-10(2,3)4-5-11(9,13)6-7-12/h7,9,13H,4-6,8H2,1-3H3. The molecule has 0 saturated heterocycles. The van der Waals surface area contributed by atoms with Crippen LogP contribution in [-0.2, 0) is 4.79 Å². The average Bonchev–Trinajstić information content (AvgIpc) is 1.99. The molecule has 76 valence electrons. The Hall–Kier alpha value is -0.370. The summed E-state index contributed by atoms with van der Waals surface area (Å²) < 4.78 is 0. The molecule has 1 saturated carbocycles. The van der Waals surface area contributed by atoms with Crippen LogP contribution in [0.15, 0.2) is 0 Å². The first-order chi connectivity index (χ1) is 5.90. The van der Waals surface area contributed by atoms with Gasteiger partial charge in [0.15, 0.2) is 0 Å². The van der Waals surface area contributed by atoms with Crippen molar-refractivity contribution in [2.24, 2.45) is 11.3 Å². The first-order valence-electron chi connectivity index (χ1n) is 5.06. The quantitative estimate of drug-likeness (QED) is 0.668. The van der Waals surface area contributed by atoms with Crippen molar-refractivity contribution < 1.29 is 9.90 Å². The molecule has 0 aromatic carbocycles. The summed E-state index contributed by atoms with van der Waals surface area (Å²) in [6.07, 6.45) is 3.93. The van der Waals surface area contributed by atoms with Crippen molar-refractivity contribution in [1.82, 2.24) is 0 Å². The Morgan fingerprint density at radius 2 is 2.08 bits per heavy atom. The molecule has 1 rings (SSSR count). The molecule has 0 aromatic heterocycles. The van der Waals surface area contributed by atoms with Crippen molar-refractivity contribution in [1.29, 1.82) is 0 Å². The van der Waals surface area contributed by atoms with E-state index in [-0.39, 0.29) is 5.92 Å². The van der Waals surface area contributed by atoms with Gasteiger partial charge in [-0.05, 0) is 30.6 Å². The lowest BCUT2D eigenvalue weighted by Gasteiger charge is -2.44. The average molecular weight is 184 g/mol. The lowest BCUT2D eigenvalue weighted by molar-refractivity contribution is -0.120. The molecule has 0 spiro atoms. The second-order valence-electron chi connectivity index (χ2n) is 5.24. The van der Waals surface area contributed by atoms with Crippen LogP contribution in [0.3, 0.4) is 0 Å². The van der Waals surface area contributed by atoms with Gasteiger partial charge in [-0.2, -0.15) is 0 Å². The molecule has 0 radical (unpaired) electrons. The van der Waals surface area contributed by atoms with Gasteiger partial charge in [0.25, 0.3) is 0 Å². The van der Waals surface area contributed by atoms with E-state index in [0.717, 1.165) is 25.5 Å². The van der Waals surface area contributed by atoms with E-state index in [1.165, 1.54) is 0 Å². The Bertz CT molecular complexity index is 198. The van der Waals surface area contributed by atoms with E-state index >= 15 is 0 Å². The van der Waals surface area contributed by atoms with Crippen molar-refractivity contribution in [3.63, 3.8) is 0 Å². The number of rotatable bonds is 2. The van der Waals surface area contributed by atoms with Gasteiger partial charge in [0.1, 0.15) is 6.29 Å². The summed E-state index contributed by atoms with van der Waals surface area (Å²) in [5.74, 6) is 0.237. The van der Waals surface area contributed by atoms with Gasteiger partial charge in [-0.15, -0.1) is 0 Å². The Labute approximate surface area is 80.3 Å². The molecule has 0 aromatic rings. The van der Waals surface area contributed by atoms with Crippen molar-refractivity contribution in [2.75, 3.05) is 0 Å². The largest absolute Gasteiger partial charge is 0.389 e. The molecule has 0 heterocycles. The van der Waals surface area contributed by atoms with E-state index in [1.54, 1.807) is 0 Å². The van der Waals surface area contributed by atoms with Gasteiger partial charge in [0.05, 0.1) is 5.60 Å². The highest BCUT2D eigenvalue weighted by molar-refractivity contribution is 5.51. The number of carbonyl (C=O) groups is 1. The smallest absolute Gasteiger partial charge is 0.122 e. The minimum absolute atomic E-state index is 0.237. The van der Waals surface area contributed by atoms with Crippen LogP contribution >= 0.6 is 0 Å². The summed E-state index contributed by atoms with van der Waals surface area (Å²) in [4.78, 5) is 10.4. The van der Waals surface area contributed by atoms with E-state index in [1.807, 2.05) is 6.92 Å². The summed E-state index contributed by atoms with van der Waals surface area (Å²) in [6, 6.07) is 0. The second-order valence-corrected chi connectivity index (χ2v) is 5.24. The first-order valence-corrected chi connectivity index (χ1v) is 5.06. The highest BCUT2D eigenvalue weighted by Crippen LogP contribution is 2.44. The van der Waals surface area contributed by atoms with E-state index < -0.39 is 5.60 Å². The van der Waals surface area contributed by atoms with Crippen LogP contribution in [0.2, 0.25) is 0 Å². The predicted molar refractivity (Wildman–Crippen MR) is 52.4 cm³/mol. The molecule has 1 N–H and O–H groups in total. The van der Waals surface area contributed by atoms with E-state index in [2.05, 4.69) is 13.8 Å². The number of hydrogen-bond acceptors (Lipinski definition) is 2. The fourth-order valence-electron chi connectivity index (χ4n) is 2.37. The third-order valence-electron chi connectivity index (χ3n) is 3.45. The number of hydrogen-bond donors (Lipinski definition) is 1. The van der Waals surface area contributed by atoms with Crippen LogP contribution in [0.4, 0.5) is 0 Å². The lowest BCUT2D eigenvalue weighted by atomic mass is 9.64. The van der Waals surface area contributed by atoms with Crippen molar-refractivity contribution >= 4 is 6.29 Å². The zero-order chi connectivity index (χ0) is 10.1. The van der Waals surface area contributed by atoms with Crippen LogP contribution in [0.1, 0.15) is 46.5 Å². The van der Waals surface area contributed by atoms with Gasteiger partial charge in [-0.1, -0.05) is 20.8 Å². The topological polar surface area (TPSA) is 37.3 Å². The molecule has 0 amide bonds. The van der Waals surface area contributed by atoms with Crippen LogP contribution < -0.4 is 0 Å². The first kappa shape index (κ1) is 10.7. The molecule has 2 nitrogen and oxygen atoms in total. The highest BCUT2D eigenvalue weighted by Gasteiger charge is 2.41. The summed E-state index contributed by atoms with van der Waals surface area (Å²) in [6.45, 7) is 6.50. The maximum Gasteiger partial charge on any atom is 0.122 e. The zero-order valence-corrected chi connectivity index (χ0v) is 8.84. The van der Waals surface area contributed by atoms with Crippen LogP contribution in [-0.4, -0.2) is 17.0 Å². The maximum atomic E-state index is 10.4. The number of carbonyl (C=O) groups excluding carboxylic acids is 1. The van der Waals surface area contributed by atoms with Gasteiger partial charge in [-0.25, -0.2) is 0 Å². The summed E-state index contributed by atoms with van der Waals surface area (Å²) >= 11 is 0. The normalized spacial score (nSPS) is 38.6. The van der Waals surface area contributed by atoms with Crippen molar-refractivity contribution in [2.45, 2.75) is 52.1 Å². The van der Waals surface area contributed by atoms with Crippen LogP contribution in [0.25, 0.3) is 0 Å². The van der Waals surface area contributed by atoms with Crippen LogP contribution in [0.5, 0.6) is 0 Å².